The molecule has 248 valence electrons. The molecule has 5 aromatic rings. The van der Waals surface area contributed by atoms with Crippen LogP contribution in [-0.4, -0.2) is 41.1 Å². The van der Waals surface area contributed by atoms with Crippen molar-refractivity contribution >= 4 is 22.5 Å². The molecule has 2 aromatic heterocycles. The number of pyridine rings is 1. The number of methoxy groups -OCH3 is 1. The van der Waals surface area contributed by atoms with Crippen LogP contribution in [0.15, 0.2) is 89.9 Å². The number of benzene rings is 3. The van der Waals surface area contributed by atoms with Gasteiger partial charge in [-0.15, -0.1) is 0 Å². The average molecular weight is 666 g/mol. The molecule has 3 heterocycles. The number of aryl methyl sites for hydroxylation is 1. The van der Waals surface area contributed by atoms with Crippen LogP contribution in [0, 0.1) is 5.92 Å². The second-order valence-corrected chi connectivity index (χ2v) is 13.3. The van der Waals surface area contributed by atoms with Gasteiger partial charge in [0.25, 0.3) is 5.56 Å². The summed E-state index contributed by atoms with van der Waals surface area (Å²) < 4.78 is 26.1. The monoisotopic (exact) mass is 665 g/mol. The van der Waals surface area contributed by atoms with Crippen LogP contribution in [0.5, 0.6) is 11.5 Å². The molecule has 1 aliphatic carbocycles. The van der Waals surface area contributed by atoms with Gasteiger partial charge in [0.15, 0.2) is 6.29 Å². The quantitative estimate of drug-likeness (QED) is 0.125. The number of hydrogen-bond donors (Lipinski definition) is 0. The summed E-state index contributed by atoms with van der Waals surface area (Å²) in [5, 5.41) is 1.05. The second kappa shape index (κ2) is 14.1. The first-order valence-electron chi connectivity index (χ1n) is 16.7. The van der Waals surface area contributed by atoms with Gasteiger partial charge in [0.05, 0.1) is 30.3 Å². The molecule has 8 nitrogen and oxygen atoms in total. The molecule has 1 saturated carbocycles. The summed E-state index contributed by atoms with van der Waals surface area (Å²) in [5.74, 6) is 1.81. The number of hydrogen-bond acceptors (Lipinski definition) is 7. The van der Waals surface area contributed by atoms with Crippen molar-refractivity contribution in [2.45, 2.75) is 56.8 Å². The number of ether oxygens (including phenoxy) is 4. The SMILES string of the molecule is COc1cc(=O)n(C)cc1-c1ccc2nc(Cl)nc(C(COC3CCCCO3)(CC3CC3)c3ccc(OCc4ccccc4)cc3)c2c1. The zero-order valence-electron chi connectivity index (χ0n) is 27.4. The molecule has 3 aromatic carbocycles. The third kappa shape index (κ3) is 6.97. The summed E-state index contributed by atoms with van der Waals surface area (Å²) in [6.07, 6.45) is 7.62. The Morgan fingerprint density at radius 1 is 0.979 bits per heavy atom. The number of fused-ring (bicyclic) bond motifs is 1. The normalized spacial score (nSPS) is 17.6. The van der Waals surface area contributed by atoms with Crippen LogP contribution in [0.3, 0.4) is 0 Å². The Bertz CT molecular complexity index is 1940. The Morgan fingerprint density at radius 2 is 1.79 bits per heavy atom. The molecular formula is C39H40ClN3O5. The molecule has 0 amide bonds. The van der Waals surface area contributed by atoms with Gasteiger partial charge in [-0.05, 0) is 84.2 Å². The fourth-order valence-corrected chi connectivity index (χ4v) is 6.87. The maximum absolute atomic E-state index is 12.4. The van der Waals surface area contributed by atoms with E-state index in [1.54, 1.807) is 24.9 Å². The van der Waals surface area contributed by atoms with Crippen molar-refractivity contribution < 1.29 is 18.9 Å². The molecule has 48 heavy (non-hydrogen) atoms. The van der Waals surface area contributed by atoms with Crippen molar-refractivity contribution in [2.24, 2.45) is 13.0 Å². The van der Waals surface area contributed by atoms with Crippen molar-refractivity contribution in [3.63, 3.8) is 0 Å². The van der Waals surface area contributed by atoms with Gasteiger partial charge in [-0.2, -0.15) is 0 Å². The molecule has 7 rings (SSSR count). The molecule has 1 aliphatic heterocycles. The number of nitrogens with zero attached hydrogens (tertiary/aromatic N) is 3. The fraction of sp³-hybridized carbons (Fsp3) is 0.359. The highest BCUT2D eigenvalue weighted by atomic mass is 35.5. The minimum absolute atomic E-state index is 0.145. The van der Waals surface area contributed by atoms with E-state index in [4.69, 9.17) is 35.5 Å². The van der Waals surface area contributed by atoms with Crippen molar-refractivity contribution in [3.05, 3.63) is 118 Å². The van der Waals surface area contributed by atoms with Crippen LogP contribution in [-0.2, 0) is 28.5 Å². The lowest BCUT2D eigenvalue weighted by molar-refractivity contribution is -0.170. The fourth-order valence-electron chi connectivity index (χ4n) is 6.70. The van der Waals surface area contributed by atoms with E-state index in [-0.39, 0.29) is 17.1 Å². The van der Waals surface area contributed by atoms with Crippen LogP contribution in [0.25, 0.3) is 22.0 Å². The first kappa shape index (κ1) is 32.3. The highest BCUT2D eigenvalue weighted by Gasteiger charge is 2.43. The third-order valence-corrected chi connectivity index (χ3v) is 9.65. The van der Waals surface area contributed by atoms with E-state index in [9.17, 15) is 4.79 Å². The highest BCUT2D eigenvalue weighted by molar-refractivity contribution is 6.28. The van der Waals surface area contributed by atoms with Gasteiger partial charge in [0.2, 0.25) is 5.28 Å². The molecule has 9 heteroatoms. The molecule has 0 bridgehead atoms. The zero-order chi connectivity index (χ0) is 33.1. The predicted octanol–water partition coefficient (Wildman–Crippen LogP) is 7.87. The molecule has 0 radical (unpaired) electrons. The average Bonchev–Trinajstić information content (AvgIpc) is 3.95. The molecule has 1 saturated heterocycles. The highest BCUT2D eigenvalue weighted by Crippen LogP contribution is 2.48. The van der Waals surface area contributed by atoms with E-state index in [1.165, 1.54) is 6.07 Å². The molecule has 0 spiro atoms. The third-order valence-electron chi connectivity index (χ3n) is 9.49. The van der Waals surface area contributed by atoms with Gasteiger partial charge < -0.3 is 23.5 Å². The van der Waals surface area contributed by atoms with E-state index in [0.717, 1.165) is 83.1 Å². The van der Waals surface area contributed by atoms with Crippen molar-refractivity contribution in [2.75, 3.05) is 20.3 Å². The summed E-state index contributed by atoms with van der Waals surface area (Å²) in [6, 6.07) is 26.0. The molecule has 2 atom stereocenters. The maximum atomic E-state index is 12.4. The minimum Gasteiger partial charge on any atom is -0.496 e. The molecular weight excluding hydrogens is 626 g/mol. The lowest BCUT2D eigenvalue weighted by Gasteiger charge is -2.37. The Morgan fingerprint density at radius 3 is 2.52 bits per heavy atom. The standard InChI is InChI=1S/C39H40ClN3O5/c1-43-23-32(34(45-2)21-35(43)44)28-13-18-33-31(20-28)37(42-38(40)41-33)39(22-26-11-12-26,25-48-36-10-6-7-19-46-36)29-14-16-30(17-15-29)47-24-27-8-4-3-5-9-27/h3-5,8-9,13-18,20-21,23,26,36H,6-7,10-12,19,22,24-25H2,1-2H3. The number of halogens is 1. The number of rotatable bonds is 12. The van der Waals surface area contributed by atoms with Crippen LogP contribution in [0.4, 0.5) is 0 Å². The maximum Gasteiger partial charge on any atom is 0.254 e. The van der Waals surface area contributed by atoms with E-state index >= 15 is 0 Å². The van der Waals surface area contributed by atoms with Gasteiger partial charge >= 0.3 is 0 Å². The Balaban J connectivity index is 1.36. The first-order valence-corrected chi connectivity index (χ1v) is 17.0. The molecule has 2 fully saturated rings. The predicted molar refractivity (Wildman–Crippen MR) is 187 cm³/mol. The Labute approximate surface area is 285 Å². The van der Waals surface area contributed by atoms with Crippen LogP contribution >= 0.6 is 11.6 Å². The number of aromatic nitrogens is 3. The van der Waals surface area contributed by atoms with Gasteiger partial charge in [-0.3, -0.25) is 4.79 Å². The van der Waals surface area contributed by atoms with Crippen molar-refractivity contribution in [1.82, 2.24) is 14.5 Å². The van der Waals surface area contributed by atoms with Crippen molar-refractivity contribution in [3.8, 4) is 22.6 Å². The van der Waals surface area contributed by atoms with Gasteiger partial charge in [-0.25, -0.2) is 9.97 Å². The summed E-state index contributed by atoms with van der Waals surface area (Å²) in [4.78, 5) is 22.1. The summed E-state index contributed by atoms with van der Waals surface area (Å²) >= 11 is 6.72. The van der Waals surface area contributed by atoms with E-state index in [2.05, 4.69) is 35.3 Å². The minimum atomic E-state index is -0.656. The summed E-state index contributed by atoms with van der Waals surface area (Å²) in [7, 11) is 3.31. The molecule has 2 aliphatic rings. The van der Waals surface area contributed by atoms with Crippen molar-refractivity contribution in [1.29, 1.82) is 0 Å². The second-order valence-electron chi connectivity index (χ2n) is 12.9. The van der Waals surface area contributed by atoms with E-state index < -0.39 is 5.41 Å². The summed E-state index contributed by atoms with van der Waals surface area (Å²) in [5.41, 5.74) is 4.59. The van der Waals surface area contributed by atoms with Crippen LogP contribution < -0.4 is 15.0 Å². The molecule has 2 unspecified atom stereocenters. The van der Waals surface area contributed by atoms with E-state index in [1.807, 2.05) is 42.5 Å². The van der Waals surface area contributed by atoms with Crippen LogP contribution in [0.2, 0.25) is 5.28 Å². The topological polar surface area (TPSA) is 84.7 Å². The first-order chi connectivity index (χ1) is 23.4. The lowest BCUT2D eigenvalue weighted by atomic mass is 9.72. The molecule has 0 N–H and O–H groups in total. The largest absolute Gasteiger partial charge is 0.496 e. The zero-order valence-corrected chi connectivity index (χ0v) is 28.1. The Hall–Kier alpha value is -4.24. The summed E-state index contributed by atoms with van der Waals surface area (Å²) in [6.45, 7) is 1.55. The Kier molecular flexibility index (Phi) is 9.48. The smallest absolute Gasteiger partial charge is 0.254 e. The van der Waals surface area contributed by atoms with Gasteiger partial charge in [-0.1, -0.05) is 61.4 Å². The van der Waals surface area contributed by atoms with Gasteiger partial charge in [0, 0.05) is 36.9 Å². The lowest BCUT2D eigenvalue weighted by Crippen LogP contribution is -2.38. The van der Waals surface area contributed by atoms with Crippen LogP contribution in [0.1, 0.15) is 55.3 Å². The van der Waals surface area contributed by atoms with E-state index in [0.29, 0.717) is 31.5 Å². The van der Waals surface area contributed by atoms with Gasteiger partial charge in [0.1, 0.15) is 18.1 Å².